The quantitative estimate of drug-likeness (QED) is 0.563. The van der Waals surface area contributed by atoms with Crippen LogP contribution in [-0.4, -0.2) is 41.7 Å². The van der Waals surface area contributed by atoms with Gasteiger partial charge in [0.2, 0.25) is 11.7 Å². The number of nitrogens with zero attached hydrogens (tertiary/aromatic N) is 2. The summed E-state index contributed by atoms with van der Waals surface area (Å²) in [6.45, 7) is -0.881. The molecule has 0 aromatic carbocycles. The molecule has 0 N–H and O–H groups in total. The Kier molecular flexibility index (Phi) is 5.33. The molecule has 1 aromatic rings. The highest BCUT2D eigenvalue weighted by molar-refractivity contribution is 5.85. The van der Waals surface area contributed by atoms with E-state index in [0.29, 0.717) is 0 Å². The number of carbonyl (C=O) groups is 1. The van der Waals surface area contributed by atoms with Crippen molar-refractivity contribution >= 4 is 5.78 Å². The predicted octanol–water partition coefficient (Wildman–Crippen LogP) is 1.57. The molecule has 0 spiro atoms. The number of hydrogen-bond donors (Lipinski definition) is 0. The standard InChI is InChI=1S/C9H9F5N2O3/c10-6(11)4-18-2-1-7-15-8(19-16-7)3-5(17)9(12,13)14/h6H,1-4H2. The molecule has 0 aliphatic rings. The molecule has 0 saturated carbocycles. The van der Waals surface area contributed by atoms with Gasteiger partial charge in [-0.2, -0.15) is 18.2 Å². The Morgan fingerprint density at radius 3 is 2.63 bits per heavy atom. The summed E-state index contributed by atoms with van der Waals surface area (Å²) >= 11 is 0. The third-order valence-corrected chi connectivity index (χ3v) is 1.85. The van der Waals surface area contributed by atoms with Gasteiger partial charge in [-0.1, -0.05) is 5.16 Å². The van der Waals surface area contributed by atoms with Gasteiger partial charge in [-0.25, -0.2) is 8.78 Å². The van der Waals surface area contributed by atoms with Gasteiger partial charge in [0.15, 0.2) is 5.82 Å². The molecule has 0 saturated heterocycles. The first kappa shape index (κ1) is 15.5. The molecule has 1 aromatic heterocycles. The second-order valence-electron chi connectivity index (χ2n) is 3.42. The summed E-state index contributed by atoms with van der Waals surface area (Å²) in [6.07, 6.45) is -8.62. The van der Waals surface area contributed by atoms with E-state index in [0.717, 1.165) is 0 Å². The van der Waals surface area contributed by atoms with E-state index in [1.807, 2.05) is 0 Å². The summed E-state index contributed by atoms with van der Waals surface area (Å²) in [5, 5.41) is 3.29. The van der Waals surface area contributed by atoms with Gasteiger partial charge >= 0.3 is 6.18 Å². The fourth-order valence-corrected chi connectivity index (χ4v) is 1.04. The topological polar surface area (TPSA) is 65.2 Å². The summed E-state index contributed by atoms with van der Waals surface area (Å²) in [7, 11) is 0. The summed E-state index contributed by atoms with van der Waals surface area (Å²) in [4.78, 5) is 14.1. The maximum atomic E-state index is 11.9. The highest BCUT2D eigenvalue weighted by atomic mass is 19.4. The molecule has 108 valence electrons. The highest BCUT2D eigenvalue weighted by Crippen LogP contribution is 2.18. The Morgan fingerprint density at radius 2 is 2.05 bits per heavy atom. The minimum Gasteiger partial charge on any atom is -0.375 e. The van der Waals surface area contributed by atoms with Gasteiger partial charge < -0.3 is 9.26 Å². The van der Waals surface area contributed by atoms with E-state index < -0.39 is 37.3 Å². The van der Waals surface area contributed by atoms with Crippen molar-refractivity contribution in [2.24, 2.45) is 0 Å². The number of carbonyl (C=O) groups excluding carboxylic acids is 1. The van der Waals surface area contributed by atoms with Gasteiger partial charge in [-0.05, 0) is 0 Å². The summed E-state index contributed by atoms with van der Waals surface area (Å²) in [5.41, 5.74) is 0. The van der Waals surface area contributed by atoms with E-state index >= 15 is 0 Å². The summed E-state index contributed by atoms with van der Waals surface area (Å²) in [6, 6.07) is 0. The van der Waals surface area contributed by atoms with Crippen LogP contribution >= 0.6 is 0 Å². The lowest BCUT2D eigenvalue weighted by Gasteiger charge is -2.01. The Balaban J connectivity index is 2.38. The third-order valence-electron chi connectivity index (χ3n) is 1.85. The lowest BCUT2D eigenvalue weighted by atomic mass is 10.3. The highest BCUT2D eigenvalue weighted by Gasteiger charge is 2.39. The van der Waals surface area contributed by atoms with Crippen LogP contribution in [0.3, 0.4) is 0 Å². The van der Waals surface area contributed by atoms with Crippen LogP contribution in [0, 0.1) is 0 Å². The average molecular weight is 288 g/mol. The fraction of sp³-hybridized carbons (Fsp3) is 0.667. The largest absolute Gasteiger partial charge is 0.450 e. The Morgan fingerprint density at radius 1 is 1.37 bits per heavy atom. The maximum absolute atomic E-state index is 11.9. The molecular weight excluding hydrogens is 279 g/mol. The van der Waals surface area contributed by atoms with Crippen LogP contribution in [0.2, 0.25) is 0 Å². The second-order valence-corrected chi connectivity index (χ2v) is 3.42. The first-order valence-corrected chi connectivity index (χ1v) is 5.06. The van der Waals surface area contributed by atoms with Crippen molar-refractivity contribution in [2.75, 3.05) is 13.2 Å². The van der Waals surface area contributed by atoms with Crippen LogP contribution in [-0.2, 0) is 22.4 Å². The van der Waals surface area contributed by atoms with E-state index in [2.05, 4.69) is 19.4 Å². The van der Waals surface area contributed by atoms with Crippen molar-refractivity contribution in [1.29, 1.82) is 0 Å². The third kappa shape index (κ3) is 5.73. The monoisotopic (exact) mass is 288 g/mol. The number of alkyl halides is 5. The van der Waals surface area contributed by atoms with Crippen molar-refractivity contribution in [3.05, 3.63) is 11.7 Å². The molecule has 10 heteroatoms. The molecular formula is C9H9F5N2O3. The molecule has 0 radical (unpaired) electrons. The Bertz CT molecular complexity index is 418. The van der Waals surface area contributed by atoms with E-state index in [-0.39, 0.29) is 18.9 Å². The number of ketones is 1. The molecule has 5 nitrogen and oxygen atoms in total. The number of hydrogen-bond acceptors (Lipinski definition) is 5. The SMILES string of the molecule is O=C(Cc1nc(CCOCC(F)F)no1)C(F)(F)F. The average Bonchev–Trinajstić information content (AvgIpc) is 2.70. The molecule has 0 fully saturated rings. The molecule has 0 atom stereocenters. The van der Waals surface area contributed by atoms with E-state index in [1.165, 1.54) is 0 Å². The van der Waals surface area contributed by atoms with Gasteiger partial charge in [-0.15, -0.1) is 0 Å². The van der Waals surface area contributed by atoms with E-state index in [4.69, 9.17) is 0 Å². The lowest BCUT2D eigenvalue weighted by Crippen LogP contribution is -2.24. The van der Waals surface area contributed by atoms with Gasteiger partial charge in [-0.3, -0.25) is 4.79 Å². The fourth-order valence-electron chi connectivity index (χ4n) is 1.04. The van der Waals surface area contributed by atoms with Gasteiger partial charge in [0.1, 0.15) is 6.61 Å². The zero-order valence-corrected chi connectivity index (χ0v) is 9.41. The zero-order valence-electron chi connectivity index (χ0n) is 9.41. The zero-order chi connectivity index (χ0) is 14.5. The lowest BCUT2D eigenvalue weighted by molar-refractivity contribution is -0.170. The van der Waals surface area contributed by atoms with Crippen LogP contribution in [0.25, 0.3) is 0 Å². The molecule has 19 heavy (non-hydrogen) atoms. The number of aromatic nitrogens is 2. The normalized spacial score (nSPS) is 12.1. The molecule has 1 rings (SSSR count). The number of halogens is 5. The van der Waals surface area contributed by atoms with Crippen molar-refractivity contribution in [2.45, 2.75) is 25.4 Å². The number of rotatable bonds is 7. The molecule has 0 unspecified atom stereocenters. The van der Waals surface area contributed by atoms with Crippen molar-refractivity contribution < 1.29 is 36.0 Å². The van der Waals surface area contributed by atoms with Gasteiger partial charge in [0, 0.05) is 6.42 Å². The van der Waals surface area contributed by atoms with Crippen LogP contribution < -0.4 is 0 Å². The predicted molar refractivity (Wildman–Crippen MR) is 49.6 cm³/mol. The molecule has 0 amide bonds. The molecule has 0 aliphatic heterocycles. The summed E-state index contributed by atoms with van der Waals surface area (Å²) < 4.78 is 68.2. The van der Waals surface area contributed by atoms with Crippen LogP contribution in [0.5, 0.6) is 0 Å². The first-order valence-electron chi connectivity index (χ1n) is 5.06. The van der Waals surface area contributed by atoms with Crippen molar-refractivity contribution in [1.82, 2.24) is 10.1 Å². The van der Waals surface area contributed by atoms with Crippen LogP contribution in [0.15, 0.2) is 4.52 Å². The molecule has 0 bridgehead atoms. The van der Waals surface area contributed by atoms with Gasteiger partial charge in [0.25, 0.3) is 6.43 Å². The number of ether oxygens (including phenoxy) is 1. The molecule has 1 heterocycles. The van der Waals surface area contributed by atoms with E-state index in [1.54, 1.807) is 0 Å². The first-order chi connectivity index (χ1) is 8.79. The van der Waals surface area contributed by atoms with Crippen molar-refractivity contribution in [3.8, 4) is 0 Å². The van der Waals surface area contributed by atoms with E-state index in [9.17, 15) is 26.7 Å². The van der Waals surface area contributed by atoms with Gasteiger partial charge in [0.05, 0.1) is 13.0 Å². The molecule has 0 aliphatic carbocycles. The smallest absolute Gasteiger partial charge is 0.375 e. The number of Topliss-reactive ketones (excluding diaryl/α,β-unsaturated/α-hetero) is 1. The minimum atomic E-state index is -4.96. The van der Waals surface area contributed by atoms with Crippen LogP contribution in [0.1, 0.15) is 11.7 Å². The summed E-state index contributed by atoms with van der Waals surface area (Å²) in [5.74, 6) is -2.50. The Labute approximate surface area is 103 Å². The van der Waals surface area contributed by atoms with Crippen LogP contribution in [0.4, 0.5) is 22.0 Å². The van der Waals surface area contributed by atoms with Crippen molar-refractivity contribution in [3.63, 3.8) is 0 Å². The minimum absolute atomic E-state index is 0.00354. The maximum Gasteiger partial charge on any atom is 0.450 e. The second kappa shape index (κ2) is 6.55. The Hall–Kier alpha value is -1.58.